The Bertz CT molecular complexity index is 916. The van der Waals surface area contributed by atoms with E-state index in [2.05, 4.69) is 37.6 Å². The Morgan fingerprint density at radius 3 is 2.96 bits per heavy atom. The molecule has 5 atom stereocenters. The molecule has 0 spiro atoms. The van der Waals surface area contributed by atoms with Crippen LogP contribution < -0.4 is 10.3 Å². The molecule has 0 amide bonds. The van der Waals surface area contributed by atoms with Crippen LogP contribution in [0, 0.1) is 23.8 Å². The van der Waals surface area contributed by atoms with Gasteiger partial charge in [0.1, 0.15) is 12.0 Å². The van der Waals surface area contributed by atoms with Gasteiger partial charge in [0.05, 0.1) is 18.1 Å². The van der Waals surface area contributed by atoms with Crippen molar-refractivity contribution in [2.45, 2.75) is 57.7 Å². The van der Waals surface area contributed by atoms with Gasteiger partial charge < -0.3 is 0 Å². The van der Waals surface area contributed by atoms with Gasteiger partial charge in [-0.05, 0) is 37.5 Å². The molecule has 27 heavy (non-hydrogen) atoms. The third-order valence-corrected chi connectivity index (χ3v) is 6.85. The van der Waals surface area contributed by atoms with E-state index in [1.165, 1.54) is 12.8 Å². The zero-order valence-electron chi connectivity index (χ0n) is 15.3. The minimum Gasteiger partial charge on any atom is -0.283 e. The third-order valence-electron chi connectivity index (χ3n) is 6.85. The molecule has 0 bridgehead atoms. The monoisotopic (exact) mass is 370 g/mol. The SMILES string of the molecule is CC1CC1Cc1cnnn1C1=NNC2C3CCCCC3n3c(cnc3F)N12. The van der Waals surface area contributed by atoms with Crippen molar-refractivity contribution in [3.8, 4) is 0 Å². The second-order valence-corrected chi connectivity index (χ2v) is 8.44. The Morgan fingerprint density at radius 1 is 1.26 bits per heavy atom. The average Bonchev–Trinajstić information content (AvgIpc) is 3.07. The molecule has 6 rings (SSSR count). The number of anilines is 1. The molecular formula is C18H23FN8. The number of halogens is 1. The van der Waals surface area contributed by atoms with Crippen LogP contribution >= 0.6 is 0 Å². The molecule has 4 heterocycles. The fourth-order valence-electron chi connectivity index (χ4n) is 5.20. The van der Waals surface area contributed by atoms with Gasteiger partial charge >= 0.3 is 0 Å². The van der Waals surface area contributed by atoms with E-state index in [-0.39, 0.29) is 12.2 Å². The summed E-state index contributed by atoms with van der Waals surface area (Å²) in [7, 11) is 0. The van der Waals surface area contributed by atoms with Gasteiger partial charge in [0.15, 0.2) is 0 Å². The van der Waals surface area contributed by atoms with E-state index in [0.717, 1.165) is 43.1 Å². The summed E-state index contributed by atoms with van der Waals surface area (Å²) < 4.78 is 18.1. The van der Waals surface area contributed by atoms with Crippen molar-refractivity contribution >= 4 is 11.8 Å². The molecule has 5 unspecified atom stereocenters. The lowest BCUT2D eigenvalue weighted by Gasteiger charge is -2.45. The highest BCUT2D eigenvalue weighted by Crippen LogP contribution is 2.46. The lowest BCUT2D eigenvalue weighted by molar-refractivity contribution is 0.161. The van der Waals surface area contributed by atoms with Crippen molar-refractivity contribution in [3.63, 3.8) is 0 Å². The van der Waals surface area contributed by atoms with Crippen molar-refractivity contribution in [1.29, 1.82) is 0 Å². The van der Waals surface area contributed by atoms with E-state index in [1.54, 1.807) is 10.8 Å². The average molecular weight is 370 g/mol. The predicted molar refractivity (Wildman–Crippen MR) is 96.4 cm³/mol. The number of hydrogen-bond acceptors (Lipinski definition) is 6. The van der Waals surface area contributed by atoms with Gasteiger partial charge in [-0.2, -0.15) is 9.07 Å². The number of hydrazone groups is 1. The molecule has 2 fully saturated rings. The van der Waals surface area contributed by atoms with E-state index in [9.17, 15) is 4.39 Å². The van der Waals surface area contributed by atoms with E-state index < -0.39 is 6.08 Å². The summed E-state index contributed by atoms with van der Waals surface area (Å²) in [6.45, 7) is 2.28. The molecule has 0 saturated heterocycles. The molecule has 1 N–H and O–H groups in total. The van der Waals surface area contributed by atoms with E-state index in [0.29, 0.717) is 17.8 Å². The second-order valence-electron chi connectivity index (χ2n) is 8.44. The van der Waals surface area contributed by atoms with Crippen LogP contribution in [0.5, 0.6) is 0 Å². The molecule has 2 aliphatic heterocycles. The van der Waals surface area contributed by atoms with Gasteiger partial charge in [0.25, 0.3) is 12.0 Å². The van der Waals surface area contributed by atoms with E-state index >= 15 is 0 Å². The first kappa shape index (κ1) is 15.6. The molecule has 8 nitrogen and oxygen atoms in total. The number of rotatable bonds is 2. The first-order chi connectivity index (χ1) is 13.2. The molecule has 9 heteroatoms. The number of imidazole rings is 1. The summed E-state index contributed by atoms with van der Waals surface area (Å²) in [5.41, 5.74) is 4.37. The molecule has 2 aromatic heterocycles. The molecule has 2 aliphatic carbocycles. The van der Waals surface area contributed by atoms with Gasteiger partial charge in [0, 0.05) is 12.0 Å². The van der Waals surface area contributed by atoms with Crippen LogP contribution in [0.3, 0.4) is 0 Å². The quantitative estimate of drug-likeness (QED) is 0.876. The van der Waals surface area contributed by atoms with Crippen molar-refractivity contribution in [2.75, 3.05) is 4.90 Å². The normalized spacial score (nSPS) is 33.8. The summed E-state index contributed by atoms with van der Waals surface area (Å²) in [5, 5.41) is 13.1. The van der Waals surface area contributed by atoms with E-state index in [1.807, 2.05) is 10.9 Å². The van der Waals surface area contributed by atoms with Crippen molar-refractivity contribution in [2.24, 2.45) is 22.9 Å². The van der Waals surface area contributed by atoms with Crippen LogP contribution in [-0.4, -0.2) is 36.7 Å². The standard InChI is InChI=1S/C18H23FN8/c1-10-6-11(10)7-12-8-21-24-27(12)18-23-22-16-13-4-2-3-5-14(13)25-15(26(16)18)9-20-17(25)19/h8-11,13-14,16,22H,2-7H2,1H3. The molecule has 4 aliphatic rings. The summed E-state index contributed by atoms with van der Waals surface area (Å²) in [5.74, 6) is 3.18. The largest absolute Gasteiger partial charge is 0.291 e. The fraction of sp³-hybridized carbons (Fsp3) is 0.667. The van der Waals surface area contributed by atoms with Gasteiger partial charge in [-0.1, -0.05) is 25.0 Å². The summed E-state index contributed by atoms with van der Waals surface area (Å²) in [4.78, 5) is 6.05. The Morgan fingerprint density at radius 2 is 2.11 bits per heavy atom. The lowest BCUT2D eigenvalue weighted by atomic mass is 9.80. The molecule has 2 saturated carbocycles. The molecule has 0 aromatic carbocycles. The molecule has 0 radical (unpaired) electrons. The van der Waals surface area contributed by atoms with E-state index in [4.69, 9.17) is 0 Å². The first-order valence-corrected chi connectivity index (χ1v) is 9.97. The zero-order valence-corrected chi connectivity index (χ0v) is 15.3. The maximum absolute atomic E-state index is 14.6. The van der Waals surface area contributed by atoms with Crippen LogP contribution in [0.4, 0.5) is 10.2 Å². The highest BCUT2D eigenvalue weighted by atomic mass is 19.1. The highest BCUT2D eigenvalue weighted by molar-refractivity contribution is 5.98. The topological polar surface area (TPSA) is 76.2 Å². The number of hydrogen-bond donors (Lipinski definition) is 1. The van der Waals surface area contributed by atoms with Crippen LogP contribution in [-0.2, 0) is 6.42 Å². The molecule has 142 valence electrons. The van der Waals surface area contributed by atoms with Crippen LogP contribution in [0.2, 0.25) is 0 Å². The predicted octanol–water partition coefficient (Wildman–Crippen LogP) is 2.11. The maximum atomic E-state index is 14.6. The van der Waals surface area contributed by atoms with Crippen molar-refractivity contribution in [1.82, 2.24) is 30.0 Å². The van der Waals surface area contributed by atoms with Crippen molar-refractivity contribution < 1.29 is 4.39 Å². The minimum absolute atomic E-state index is 0.0193. The summed E-state index contributed by atoms with van der Waals surface area (Å²) in [6, 6.07) is 0.141. The Labute approximate surface area is 156 Å². The smallest absolute Gasteiger partial charge is 0.283 e. The maximum Gasteiger partial charge on any atom is 0.291 e. The lowest BCUT2D eigenvalue weighted by Crippen LogP contribution is -2.55. The van der Waals surface area contributed by atoms with Crippen LogP contribution in [0.1, 0.15) is 50.8 Å². The van der Waals surface area contributed by atoms with Crippen LogP contribution in [0.15, 0.2) is 17.5 Å². The Balaban J connectivity index is 1.41. The van der Waals surface area contributed by atoms with Gasteiger partial charge in [-0.25, -0.2) is 4.98 Å². The fourth-order valence-corrected chi connectivity index (χ4v) is 5.20. The molecular weight excluding hydrogens is 347 g/mol. The number of nitrogens with one attached hydrogen (secondary N) is 1. The zero-order chi connectivity index (χ0) is 18.1. The van der Waals surface area contributed by atoms with Gasteiger partial charge in [-0.3, -0.25) is 14.9 Å². The highest BCUT2D eigenvalue weighted by Gasteiger charge is 2.48. The second kappa shape index (κ2) is 5.53. The number of nitrogens with zero attached hydrogens (tertiary/aromatic N) is 7. The van der Waals surface area contributed by atoms with Gasteiger partial charge in [-0.15, -0.1) is 10.2 Å². The van der Waals surface area contributed by atoms with Gasteiger partial charge in [0.2, 0.25) is 0 Å². The number of fused-ring (bicyclic) bond motifs is 6. The Hall–Kier alpha value is -2.45. The molecule has 2 aromatic rings. The first-order valence-electron chi connectivity index (χ1n) is 9.97. The third kappa shape index (κ3) is 2.20. The Kier molecular flexibility index (Phi) is 3.19. The summed E-state index contributed by atoms with van der Waals surface area (Å²) >= 11 is 0. The summed E-state index contributed by atoms with van der Waals surface area (Å²) in [6.07, 6.45) is 9.61. The number of aromatic nitrogens is 5. The van der Waals surface area contributed by atoms with Crippen LogP contribution in [0.25, 0.3) is 0 Å². The van der Waals surface area contributed by atoms with Crippen molar-refractivity contribution in [3.05, 3.63) is 24.2 Å². The minimum atomic E-state index is -0.405.